The highest BCUT2D eigenvalue weighted by atomic mass is 32.1. The van der Waals surface area contributed by atoms with Gasteiger partial charge in [-0.25, -0.2) is 4.79 Å². The van der Waals surface area contributed by atoms with Crippen LogP contribution in [0.2, 0.25) is 0 Å². The van der Waals surface area contributed by atoms with Crippen LogP contribution in [0.15, 0.2) is 28.6 Å². The van der Waals surface area contributed by atoms with Gasteiger partial charge in [0.2, 0.25) is 0 Å². The Morgan fingerprint density at radius 1 is 1.67 bits per heavy atom. The van der Waals surface area contributed by atoms with Crippen LogP contribution in [0.3, 0.4) is 0 Å². The average Bonchev–Trinajstić information content (AvgIpc) is 2.85. The van der Waals surface area contributed by atoms with Gasteiger partial charge in [0.1, 0.15) is 0 Å². The molecular formula is C14H17NO2S. The monoisotopic (exact) mass is 263 g/mol. The van der Waals surface area contributed by atoms with Gasteiger partial charge in [-0.1, -0.05) is 13.5 Å². The minimum atomic E-state index is -0.330. The average molecular weight is 263 g/mol. The number of methoxy groups -OCH3 is 1. The summed E-state index contributed by atoms with van der Waals surface area (Å²) >= 11 is 1.78. The molecule has 0 amide bonds. The molecule has 0 bridgehead atoms. The molecule has 1 atom stereocenters. The van der Waals surface area contributed by atoms with E-state index in [9.17, 15) is 4.79 Å². The maximum Gasteiger partial charge on any atom is 0.333 e. The Morgan fingerprint density at radius 3 is 3.17 bits per heavy atom. The lowest BCUT2D eigenvalue weighted by Gasteiger charge is -2.19. The summed E-state index contributed by atoms with van der Waals surface area (Å²) in [4.78, 5) is 17.4. The van der Waals surface area contributed by atoms with Gasteiger partial charge in [0.15, 0.2) is 0 Å². The maximum absolute atomic E-state index is 11.4. The van der Waals surface area contributed by atoms with Crippen molar-refractivity contribution in [3.05, 3.63) is 34.0 Å². The largest absolute Gasteiger partial charge is 0.466 e. The summed E-state index contributed by atoms with van der Waals surface area (Å²) < 4.78 is 4.68. The predicted molar refractivity (Wildman–Crippen MR) is 74.4 cm³/mol. The van der Waals surface area contributed by atoms with Crippen LogP contribution in [0, 0.1) is 5.92 Å². The summed E-state index contributed by atoms with van der Waals surface area (Å²) in [5.74, 6) is -0.131. The Bertz CT molecular complexity index is 502. The molecule has 1 aliphatic rings. The highest BCUT2D eigenvalue weighted by Crippen LogP contribution is 2.27. The third kappa shape index (κ3) is 2.53. The lowest BCUT2D eigenvalue weighted by molar-refractivity contribution is -0.136. The molecule has 1 aromatic rings. The fourth-order valence-corrected chi connectivity index (χ4v) is 3.12. The van der Waals surface area contributed by atoms with Crippen molar-refractivity contribution >= 4 is 23.0 Å². The molecule has 3 nitrogen and oxygen atoms in total. The lowest BCUT2D eigenvalue weighted by atomic mass is 9.91. The number of thiophene rings is 1. The van der Waals surface area contributed by atoms with Crippen LogP contribution in [-0.4, -0.2) is 25.3 Å². The molecule has 18 heavy (non-hydrogen) atoms. The van der Waals surface area contributed by atoms with Crippen LogP contribution in [0.25, 0.3) is 0 Å². The Hall–Kier alpha value is -1.42. The summed E-state index contributed by atoms with van der Waals surface area (Å²) in [6, 6.07) is 2.12. The van der Waals surface area contributed by atoms with E-state index in [2.05, 4.69) is 34.7 Å². The van der Waals surface area contributed by atoms with E-state index in [4.69, 9.17) is 0 Å². The fourth-order valence-electron chi connectivity index (χ4n) is 2.24. The molecule has 0 radical (unpaired) electrons. The third-order valence-electron chi connectivity index (χ3n) is 3.14. The fraction of sp³-hybridized carbons (Fsp3) is 0.429. The van der Waals surface area contributed by atoms with Gasteiger partial charge in [-0.05, 0) is 17.9 Å². The number of rotatable bonds is 4. The van der Waals surface area contributed by atoms with Gasteiger partial charge in [0.05, 0.1) is 7.11 Å². The molecule has 0 aliphatic carbocycles. The minimum Gasteiger partial charge on any atom is -0.466 e. The molecule has 1 aromatic heterocycles. The summed E-state index contributed by atoms with van der Waals surface area (Å²) in [6.07, 6.45) is 1.63. The third-order valence-corrected chi connectivity index (χ3v) is 4.12. The topological polar surface area (TPSA) is 38.7 Å². The van der Waals surface area contributed by atoms with E-state index in [1.807, 2.05) is 0 Å². The molecule has 2 heterocycles. The molecule has 1 unspecified atom stereocenters. The molecule has 4 heteroatoms. The molecule has 0 fully saturated rings. The van der Waals surface area contributed by atoms with Crippen LogP contribution in [0.5, 0.6) is 0 Å². The van der Waals surface area contributed by atoms with E-state index < -0.39 is 0 Å². The van der Waals surface area contributed by atoms with Crippen molar-refractivity contribution in [3.8, 4) is 0 Å². The first-order valence-electron chi connectivity index (χ1n) is 6.00. The highest BCUT2D eigenvalue weighted by molar-refractivity contribution is 7.10. The molecular weight excluding hydrogens is 246 g/mol. The number of aliphatic imine (C=N–C) groups is 1. The zero-order chi connectivity index (χ0) is 13.1. The van der Waals surface area contributed by atoms with Gasteiger partial charge in [-0.15, -0.1) is 11.3 Å². The second-order valence-corrected chi connectivity index (χ2v) is 5.48. The Labute approximate surface area is 111 Å². The van der Waals surface area contributed by atoms with E-state index >= 15 is 0 Å². The van der Waals surface area contributed by atoms with Crippen molar-refractivity contribution in [3.63, 3.8) is 0 Å². The van der Waals surface area contributed by atoms with Crippen LogP contribution in [-0.2, 0) is 16.0 Å². The minimum absolute atomic E-state index is 0.199. The normalized spacial score (nSPS) is 15.6. The maximum atomic E-state index is 11.4. The first-order chi connectivity index (χ1) is 8.63. The quantitative estimate of drug-likeness (QED) is 0.619. The number of esters is 1. The van der Waals surface area contributed by atoms with Crippen LogP contribution in [0.1, 0.15) is 23.8 Å². The van der Waals surface area contributed by atoms with Gasteiger partial charge >= 0.3 is 5.97 Å². The van der Waals surface area contributed by atoms with Gasteiger partial charge < -0.3 is 4.74 Å². The summed E-state index contributed by atoms with van der Waals surface area (Å²) in [5.41, 5.74) is 2.86. The summed E-state index contributed by atoms with van der Waals surface area (Å²) in [7, 11) is 1.38. The van der Waals surface area contributed by atoms with Crippen molar-refractivity contribution in [2.75, 3.05) is 13.7 Å². The zero-order valence-electron chi connectivity index (χ0n) is 10.7. The molecule has 96 valence electrons. The van der Waals surface area contributed by atoms with Crippen LogP contribution >= 0.6 is 11.3 Å². The molecule has 1 aliphatic heterocycles. The Kier molecular flexibility index (Phi) is 3.97. The van der Waals surface area contributed by atoms with E-state index in [-0.39, 0.29) is 11.9 Å². The van der Waals surface area contributed by atoms with Gasteiger partial charge in [-0.2, -0.15) is 0 Å². The molecule has 0 N–H and O–H groups in total. The SMILES string of the molecule is C=C(CC(C)C1=NCCc2sccc21)C(=O)OC. The zero-order valence-corrected chi connectivity index (χ0v) is 11.5. The number of nitrogens with zero attached hydrogens (tertiary/aromatic N) is 1. The number of carbonyl (C=O) groups is 1. The van der Waals surface area contributed by atoms with Crippen molar-refractivity contribution in [1.29, 1.82) is 0 Å². The smallest absolute Gasteiger partial charge is 0.333 e. The van der Waals surface area contributed by atoms with E-state index in [0.717, 1.165) is 18.7 Å². The highest BCUT2D eigenvalue weighted by Gasteiger charge is 2.22. The molecule has 0 saturated carbocycles. The van der Waals surface area contributed by atoms with E-state index in [1.165, 1.54) is 17.6 Å². The Morgan fingerprint density at radius 2 is 2.44 bits per heavy atom. The van der Waals surface area contributed by atoms with Crippen molar-refractivity contribution in [2.24, 2.45) is 10.9 Å². The van der Waals surface area contributed by atoms with E-state index in [0.29, 0.717) is 12.0 Å². The lowest BCUT2D eigenvalue weighted by Crippen LogP contribution is -2.20. The van der Waals surface area contributed by atoms with Crippen molar-refractivity contribution in [2.45, 2.75) is 19.8 Å². The first-order valence-corrected chi connectivity index (χ1v) is 6.88. The first kappa shape index (κ1) is 13.0. The standard InChI is InChI=1S/C14H17NO2S/c1-9(8-10(2)14(16)17-3)13-11-5-7-18-12(11)4-6-15-13/h5,7,9H,2,4,6,8H2,1,3H3. The number of ether oxygens (including phenoxy) is 1. The van der Waals surface area contributed by atoms with E-state index in [1.54, 1.807) is 11.3 Å². The second kappa shape index (κ2) is 5.48. The number of fused-ring (bicyclic) bond motifs is 1. The van der Waals surface area contributed by atoms with Gasteiger partial charge in [-0.3, -0.25) is 4.99 Å². The van der Waals surface area contributed by atoms with Crippen molar-refractivity contribution < 1.29 is 9.53 Å². The summed E-state index contributed by atoms with van der Waals surface area (Å²) in [5, 5.41) is 2.10. The number of hydrogen-bond donors (Lipinski definition) is 0. The molecule has 0 spiro atoms. The van der Waals surface area contributed by atoms with Crippen molar-refractivity contribution in [1.82, 2.24) is 0 Å². The van der Waals surface area contributed by atoms with Crippen LogP contribution < -0.4 is 0 Å². The molecule has 0 saturated heterocycles. The molecule has 0 aromatic carbocycles. The van der Waals surface area contributed by atoms with Gasteiger partial charge in [0, 0.05) is 40.6 Å². The van der Waals surface area contributed by atoms with Crippen LogP contribution in [0.4, 0.5) is 0 Å². The van der Waals surface area contributed by atoms with Gasteiger partial charge in [0.25, 0.3) is 0 Å². The summed E-state index contributed by atoms with van der Waals surface area (Å²) in [6.45, 7) is 6.71. The second-order valence-electron chi connectivity index (χ2n) is 4.47. The predicted octanol–water partition coefficient (Wildman–Crippen LogP) is 2.85. The Balaban J connectivity index is 2.11. The number of carbonyl (C=O) groups excluding carboxylic acids is 1. The molecule has 2 rings (SSSR count). The number of hydrogen-bond acceptors (Lipinski definition) is 4.